The predicted octanol–water partition coefficient (Wildman–Crippen LogP) is 2.66. The summed E-state index contributed by atoms with van der Waals surface area (Å²) in [6.45, 7) is 0.575. The lowest BCUT2D eigenvalue weighted by atomic mass is 9.66. The molecule has 1 aliphatic rings. The molecule has 0 spiro atoms. The van der Waals surface area contributed by atoms with Crippen LogP contribution >= 0.6 is 33.9 Å². The third kappa shape index (κ3) is 3.68. The molecule has 1 fully saturated rings. The number of carboxylic acids is 1. The van der Waals surface area contributed by atoms with Gasteiger partial charge in [-0.2, -0.15) is 0 Å². The van der Waals surface area contributed by atoms with Crippen molar-refractivity contribution >= 4 is 45.8 Å². The largest absolute Gasteiger partial charge is 0.481 e. The van der Waals surface area contributed by atoms with Gasteiger partial charge in [0.1, 0.15) is 0 Å². The number of aliphatic carboxylic acids is 1. The summed E-state index contributed by atoms with van der Waals surface area (Å²) in [4.78, 5) is 24.2. The highest BCUT2D eigenvalue weighted by Gasteiger charge is 2.45. The van der Waals surface area contributed by atoms with E-state index in [4.69, 9.17) is 5.11 Å². The van der Waals surface area contributed by atoms with Gasteiger partial charge in [0.2, 0.25) is 5.91 Å². The number of carbonyl (C=O) groups is 2. The third-order valence-corrected chi connectivity index (χ3v) is 5.54. The zero-order chi connectivity index (χ0) is 13.9. The van der Waals surface area contributed by atoms with Crippen molar-refractivity contribution in [2.45, 2.75) is 32.1 Å². The van der Waals surface area contributed by atoms with Crippen LogP contribution in [0.1, 0.15) is 30.6 Å². The molecule has 1 aromatic heterocycles. The molecule has 6 heteroatoms. The Labute approximate surface area is 129 Å². The fraction of sp³-hybridized carbons (Fsp3) is 0.538. The first-order valence-corrected chi connectivity index (χ1v) is 8.16. The van der Waals surface area contributed by atoms with Crippen LogP contribution in [0.3, 0.4) is 0 Å². The minimum atomic E-state index is -0.832. The molecule has 2 rings (SSSR count). The van der Waals surface area contributed by atoms with E-state index < -0.39 is 11.4 Å². The molecule has 104 valence electrons. The van der Waals surface area contributed by atoms with E-state index in [9.17, 15) is 9.59 Å². The van der Waals surface area contributed by atoms with Crippen LogP contribution in [0.15, 0.2) is 12.1 Å². The van der Waals surface area contributed by atoms with E-state index in [2.05, 4.69) is 40.0 Å². The molecule has 1 heterocycles. The van der Waals surface area contributed by atoms with Crippen molar-refractivity contribution in [3.8, 4) is 0 Å². The van der Waals surface area contributed by atoms with E-state index in [-0.39, 0.29) is 12.3 Å². The van der Waals surface area contributed by atoms with Crippen LogP contribution in [0.2, 0.25) is 0 Å². The minimum Gasteiger partial charge on any atom is -0.481 e. The number of hydrogen-bond donors (Lipinski definition) is 2. The van der Waals surface area contributed by atoms with Gasteiger partial charge in [0.15, 0.2) is 0 Å². The molecule has 0 bridgehead atoms. The SMILES string of the molecule is O=C(CC1(C(=O)O)CCC1)NCCc1ccc(I)s1. The van der Waals surface area contributed by atoms with Crippen LogP contribution in [0.5, 0.6) is 0 Å². The van der Waals surface area contributed by atoms with Crippen molar-refractivity contribution in [2.24, 2.45) is 5.41 Å². The molecule has 0 aliphatic heterocycles. The standard InChI is InChI=1S/C13H16INO3S/c14-10-3-2-9(19-10)4-7-15-11(16)8-13(12(17)18)5-1-6-13/h2-3H,1,4-8H2,(H,15,16)(H,17,18). The number of amides is 1. The van der Waals surface area contributed by atoms with Crippen molar-refractivity contribution in [1.29, 1.82) is 0 Å². The lowest BCUT2D eigenvalue weighted by Crippen LogP contribution is -2.42. The summed E-state index contributed by atoms with van der Waals surface area (Å²) in [5, 5.41) is 12.0. The normalized spacial score (nSPS) is 16.7. The molecular formula is C13H16INO3S. The molecule has 4 nitrogen and oxygen atoms in total. The minimum absolute atomic E-state index is 0.115. The van der Waals surface area contributed by atoms with Gasteiger partial charge in [-0.3, -0.25) is 9.59 Å². The van der Waals surface area contributed by atoms with E-state index in [0.29, 0.717) is 19.4 Å². The van der Waals surface area contributed by atoms with Gasteiger partial charge in [-0.25, -0.2) is 0 Å². The zero-order valence-electron chi connectivity index (χ0n) is 10.4. The average molecular weight is 393 g/mol. The Hall–Kier alpha value is -0.630. The van der Waals surface area contributed by atoms with Crippen LogP contribution in [0.4, 0.5) is 0 Å². The van der Waals surface area contributed by atoms with Gasteiger partial charge in [0, 0.05) is 17.8 Å². The third-order valence-electron chi connectivity index (χ3n) is 3.59. The van der Waals surface area contributed by atoms with Crippen LogP contribution in [-0.2, 0) is 16.0 Å². The van der Waals surface area contributed by atoms with Crippen LogP contribution < -0.4 is 5.32 Å². The van der Waals surface area contributed by atoms with Crippen molar-refractivity contribution in [3.63, 3.8) is 0 Å². The lowest BCUT2D eigenvalue weighted by molar-refractivity contribution is -0.157. The zero-order valence-corrected chi connectivity index (χ0v) is 13.4. The summed E-state index contributed by atoms with van der Waals surface area (Å²) in [6.07, 6.45) is 3.08. The van der Waals surface area contributed by atoms with Gasteiger partial charge in [-0.1, -0.05) is 6.42 Å². The molecule has 1 aromatic rings. The highest BCUT2D eigenvalue weighted by atomic mass is 127. The molecular weight excluding hydrogens is 377 g/mol. The van der Waals surface area contributed by atoms with Gasteiger partial charge < -0.3 is 10.4 Å². The van der Waals surface area contributed by atoms with E-state index in [1.165, 1.54) is 7.76 Å². The molecule has 0 saturated heterocycles. The van der Waals surface area contributed by atoms with Crippen molar-refractivity contribution in [1.82, 2.24) is 5.32 Å². The van der Waals surface area contributed by atoms with Gasteiger partial charge in [0.05, 0.1) is 8.30 Å². The van der Waals surface area contributed by atoms with Gasteiger partial charge in [-0.15, -0.1) is 11.3 Å². The van der Waals surface area contributed by atoms with Gasteiger partial charge in [0.25, 0.3) is 0 Å². The van der Waals surface area contributed by atoms with Crippen molar-refractivity contribution < 1.29 is 14.7 Å². The van der Waals surface area contributed by atoms with E-state index in [1.54, 1.807) is 11.3 Å². The maximum Gasteiger partial charge on any atom is 0.310 e. The maximum atomic E-state index is 11.8. The number of carboxylic acid groups (broad SMARTS) is 1. The first kappa shape index (κ1) is 14.8. The summed E-state index contributed by atoms with van der Waals surface area (Å²) in [6, 6.07) is 4.11. The van der Waals surface area contributed by atoms with E-state index >= 15 is 0 Å². The second-order valence-corrected chi connectivity index (χ2v) is 7.98. The summed E-state index contributed by atoms with van der Waals surface area (Å²) in [5.74, 6) is -0.977. The van der Waals surface area contributed by atoms with Gasteiger partial charge in [-0.05, 0) is 54.0 Å². The first-order chi connectivity index (χ1) is 9.02. The fourth-order valence-corrected chi connectivity index (χ4v) is 4.01. The molecule has 0 aromatic carbocycles. The molecule has 0 unspecified atom stereocenters. The molecule has 19 heavy (non-hydrogen) atoms. The monoisotopic (exact) mass is 393 g/mol. The van der Waals surface area contributed by atoms with Crippen LogP contribution in [-0.4, -0.2) is 23.5 Å². The summed E-state index contributed by atoms with van der Waals surface area (Å²) >= 11 is 3.98. The number of rotatable bonds is 6. The second kappa shape index (κ2) is 6.21. The van der Waals surface area contributed by atoms with Crippen molar-refractivity contribution in [2.75, 3.05) is 6.54 Å². The van der Waals surface area contributed by atoms with E-state index in [1.807, 2.05) is 0 Å². The highest BCUT2D eigenvalue weighted by molar-refractivity contribution is 14.1. The van der Waals surface area contributed by atoms with Crippen LogP contribution in [0.25, 0.3) is 0 Å². The van der Waals surface area contributed by atoms with Gasteiger partial charge >= 0.3 is 5.97 Å². The molecule has 2 N–H and O–H groups in total. The maximum absolute atomic E-state index is 11.8. The number of nitrogens with one attached hydrogen (secondary N) is 1. The molecule has 0 atom stereocenters. The Kier molecular flexibility index (Phi) is 4.83. The first-order valence-electron chi connectivity index (χ1n) is 6.26. The number of carbonyl (C=O) groups excluding carboxylic acids is 1. The lowest BCUT2D eigenvalue weighted by Gasteiger charge is -2.36. The van der Waals surface area contributed by atoms with E-state index in [0.717, 1.165) is 12.8 Å². The Morgan fingerprint density at radius 2 is 2.16 bits per heavy atom. The average Bonchev–Trinajstić information content (AvgIpc) is 2.69. The number of hydrogen-bond acceptors (Lipinski definition) is 3. The fourth-order valence-electron chi connectivity index (χ4n) is 2.25. The Morgan fingerprint density at radius 3 is 2.63 bits per heavy atom. The Morgan fingerprint density at radius 1 is 1.42 bits per heavy atom. The predicted molar refractivity (Wildman–Crippen MR) is 82.3 cm³/mol. The number of thiophene rings is 1. The summed E-state index contributed by atoms with van der Waals surface area (Å²) < 4.78 is 1.23. The Bertz CT molecular complexity index is 482. The van der Waals surface area contributed by atoms with Crippen molar-refractivity contribution in [3.05, 3.63) is 19.9 Å². The molecule has 1 saturated carbocycles. The molecule has 1 aliphatic carbocycles. The van der Waals surface area contributed by atoms with Crippen LogP contribution in [0, 0.1) is 8.30 Å². The smallest absolute Gasteiger partial charge is 0.310 e. The second-order valence-electron chi connectivity index (χ2n) is 4.92. The Balaban J connectivity index is 1.74. The number of halogens is 1. The highest BCUT2D eigenvalue weighted by Crippen LogP contribution is 2.44. The quantitative estimate of drug-likeness (QED) is 0.731. The molecule has 1 amide bonds. The molecule has 0 radical (unpaired) electrons. The summed E-state index contributed by atoms with van der Waals surface area (Å²) in [5.41, 5.74) is -0.789. The summed E-state index contributed by atoms with van der Waals surface area (Å²) in [7, 11) is 0. The topological polar surface area (TPSA) is 66.4 Å².